The maximum Gasteiger partial charge on any atom is 0.255 e. The lowest BCUT2D eigenvalue weighted by Gasteiger charge is -2.35. The Kier molecular flexibility index (Phi) is 5.94. The summed E-state index contributed by atoms with van der Waals surface area (Å²) < 4.78 is 1.62. The van der Waals surface area contributed by atoms with Crippen LogP contribution in [0.2, 0.25) is 5.02 Å². The molecule has 1 atom stereocenters. The molecule has 1 N–H and O–H groups in total. The standard InChI is InChI=1S/C26H24ClN5O/c1-31-25(33)16-23(21-10-12-28-13-11-21)30-26(31)32-15-14-29-24(17-32)20-4-2-18(3-5-20)19-6-8-22(27)9-7-19/h2-13,16,24,29H,14-15,17H2,1H3/t24-/m1/s1. The Balaban J connectivity index is 1.39. The summed E-state index contributed by atoms with van der Waals surface area (Å²) in [6, 6.07) is 21.9. The van der Waals surface area contributed by atoms with Crippen LogP contribution in [0.25, 0.3) is 22.4 Å². The van der Waals surface area contributed by atoms with Crippen LogP contribution in [0.3, 0.4) is 0 Å². The second-order valence-corrected chi connectivity index (χ2v) is 8.59. The molecule has 4 aromatic rings. The predicted octanol–water partition coefficient (Wildman–Crippen LogP) is 4.31. The molecule has 0 saturated carbocycles. The van der Waals surface area contributed by atoms with Crippen molar-refractivity contribution >= 4 is 17.5 Å². The summed E-state index contributed by atoms with van der Waals surface area (Å²) in [6.45, 7) is 2.30. The summed E-state index contributed by atoms with van der Waals surface area (Å²) in [6.07, 6.45) is 3.42. The van der Waals surface area contributed by atoms with E-state index in [1.54, 1.807) is 30.1 Å². The van der Waals surface area contributed by atoms with Crippen LogP contribution >= 0.6 is 11.6 Å². The Morgan fingerprint density at radius 3 is 2.30 bits per heavy atom. The molecule has 0 spiro atoms. The van der Waals surface area contributed by atoms with E-state index in [2.05, 4.69) is 39.5 Å². The first-order valence-electron chi connectivity index (χ1n) is 10.9. The molecule has 1 saturated heterocycles. The average Bonchev–Trinajstić information content (AvgIpc) is 2.87. The zero-order valence-corrected chi connectivity index (χ0v) is 19.0. The Labute approximate surface area is 197 Å². The lowest BCUT2D eigenvalue weighted by Crippen LogP contribution is -2.47. The van der Waals surface area contributed by atoms with E-state index in [9.17, 15) is 4.79 Å². The van der Waals surface area contributed by atoms with E-state index in [1.165, 1.54) is 5.56 Å². The maximum absolute atomic E-state index is 12.7. The van der Waals surface area contributed by atoms with Crippen LogP contribution in [0.4, 0.5) is 5.95 Å². The summed E-state index contributed by atoms with van der Waals surface area (Å²) in [7, 11) is 1.78. The molecule has 0 unspecified atom stereocenters. The minimum Gasteiger partial charge on any atom is -0.339 e. The summed E-state index contributed by atoms with van der Waals surface area (Å²) in [5.74, 6) is 0.679. The Bertz CT molecular complexity index is 1300. The molecule has 0 aliphatic carbocycles. The Morgan fingerprint density at radius 1 is 0.939 bits per heavy atom. The van der Waals surface area contributed by atoms with E-state index in [1.807, 2.05) is 36.4 Å². The number of rotatable bonds is 4. The SMILES string of the molecule is Cn1c(N2CCN[C@@H](c3ccc(-c4ccc(Cl)cc4)cc3)C2)nc(-c2ccncc2)cc1=O. The van der Waals surface area contributed by atoms with Gasteiger partial charge in [-0.1, -0.05) is 48.0 Å². The first-order chi connectivity index (χ1) is 16.1. The third-order valence-electron chi connectivity index (χ3n) is 6.04. The molecule has 5 rings (SSSR count). The zero-order valence-electron chi connectivity index (χ0n) is 18.3. The molecule has 2 aromatic carbocycles. The van der Waals surface area contributed by atoms with Crippen molar-refractivity contribution in [1.82, 2.24) is 19.9 Å². The van der Waals surface area contributed by atoms with Gasteiger partial charge >= 0.3 is 0 Å². The van der Waals surface area contributed by atoms with Crippen LogP contribution in [-0.4, -0.2) is 34.2 Å². The quantitative estimate of drug-likeness (QED) is 0.494. The highest BCUT2D eigenvalue weighted by atomic mass is 35.5. The summed E-state index contributed by atoms with van der Waals surface area (Å²) in [5.41, 5.74) is 4.96. The number of anilines is 1. The molecular formula is C26H24ClN5O. The highest BCUT2D eigenvalue weighted by Crippen LogP contribution is 2.26. The number of benzene rings is 2. The van der Waals surface area contributed by atoms with Gasteiger partial charge in [0.1, 0.15) is 0 Å². The topological polar surface area (TPSA) is 63.1 Å². The third-order valence-corrected chi connectivity index (χ3v) is 6.29. The summed E-state index contributed by atoms with van der Waals surface area (Å²) in [5, 5.41) is 4.33. The van der Waals surface area contributed by atoms with Gasteiger partial charge in [0.25, 0.3) is 5.56 Å². The van der Waals surface area contributed by atoms with Crippen molar-refractivity contribution in [2.45, 2.75) is 6.04 Å². The second-order valence-electron chi connectivity index (χ2n) is 8.16. The van der Waals surface area contributed by atoms with Crippen molar-refractivity contribution in [3.05, 3.63) is 100 Å². The minimum absolute atomic E-state index is 0.0748. The number of pyridine rings is 1. The molecule has 0 amide bonds. The van der Waals surface area contributed by atoms with Gasteiger partial charge in [-0.2, -0.15) is 0 Å². The van der Waals surface area contributed by atoms with Crippen LogP contribution < -0.4 is 15.8 Å². The van der Waals surface area contributed by atoms with Crippen LogP contribution in [0.5, 0.6) is 0 Å². The van der Waals surface area contributed by atoms with Gasteiger partial charge in [0.05, 0.1) is 5.69 Å². The van der Waals surface area contributed by atoms with E-state index in [-0.39, 0.29) is 11.6 Å². The largest absolute Gasteiger partial charge is 0.339 e. The Morgan fingerprint density at radius 2 is 1.61 bits per heavy atom. The number of hydrogen-bond donors (Lipinski definition) is 1. The normalized spacial score (nSPS) is 16.1. The molecular weight excluding hydrogens is 434 g/mol. The first kappa shape index (κ1) is 21.4. The molecule has 0 radical (unpaired) electrons. The number of piperazine rings is 1. The first-order valence-corrected chi connectivity index (χ1v) is 11.3. The lowest BCUT2D eigenvalue weighted by molar-refractivity contribution is 0.462. The molecule has 166 valence electrons. The van der Waals surface area contributed by atoms with Crippen molar-refractivity contribution < 1.29 is 0 Å². The second kappa shape index (κ2) is 9.17. The van der Waals surface area contributed by atoms with Gasteiger partial charge in [-0.25, -0.2) is 4.98 Å². The van der Waals surface area contributed by atoms with E-state index < -0.39 is 0 Å². The van der Waals surface area contributed by atoms with Crippen molar-refractivity contribution in [3.63, 3.8) is 0 Å². The number of nitrogens with one attached hydrogen (secondary N) is 1. The van der Waals surface area contributed by atoms with Gasteiger partial charge in [-0.05, 0) is 41.0 Å². The monoisotopic (exact) mass is 457 g/mol. The fourth-order valence-electron chi connectivity index (χ4n) is 4.19. The van der Waals surface area contributed by atoms with Crippen molar-refractivity contribution in [1.29, 1.82) is 0 Å². The number of halogens is 1. The molecule has 33 heavy (non-hydrogen) atoms. The maximum atomic E-state index is 12.7. The van der Waals surface area contributed by atoms with E-state index in [0.29, 0.717) is 11.6 Å². The smallest absolute Gasteiger partial charge is 0.255 e. The van der Waals surface area contributed by atoms with E-state index in [4.69, 9.17) is 16.6 Å². The van der Waals surface area contributed by atoms with E-state index >= 15 is 0 Å². The number of hydrogen-bond acceptors (Lipinski definition) is 5. The van der Waals surface area contributed by atoms with Crippen LogP contribution in [0.15, 0.2) is 83.9 Å². The van der Waals surface area contributed by atoms with Gasteiger partial charge in [-0.15, -0.1) is 0 Å². The molecule has 1 aliphatic rings. The average molecular weight is 458 g/mol. The molecule has 1 fully saturated rings. The molecule has 2 aromatic heterocycles. The number of aromatic nitrogens is 3. The highest BCUT2D eigenvalue weighted by Gasteiger charge is 2.24. The van der Waals surface area contributed by atoms with Crippen LogP contribution in [-0.2, 0) is 7.05 Å². The van der Waals surface area contributed by atoms with Gasteiger partial charge in [0, 0.05) is 61.8 Å². The van der Waals surface area contributed by atoms with Gasteiger partial charge in [-0.3, -0.25) is 14.3 Å². The molecule has 1 aliphatic heterocycles. The number of nitrogens with zero attached hydrogens (tertiary/aromatic N) is 4. The van der Waals surface area contributed by atoms with Crippen molar-refractivity contribution in [3.8, 4) is 22.4 Å². The van der Waals surface area contributed by atoms with Gasteiger partial charge < -0.3 is 10.2 Å². The van der Waals surface area contributed by atoms with E-state index in [0.717, 1.165) is 41.3 Å². The van der Waals surface area contributed by atoms with Crippen LogP contribution in [0.1, 0.15) is 11.6 Å². The highest BCUT2D eigenvalue weighted by molar-refractivity contribution is 6.30. The van der Waals surface area contributed by atoms with Crippen LogP contribution in [0, 0.1) is 0 Å². The predicted molar refractivity (Wildman–Crippen MR) is 133 cm³/mol. The van der Waals surface area contributed by atoms with Gasteiger partial charge in [0.15, 0.2) is 0 Å². The molecule has 0 bridgehead atoms. The van der Waals surface area contributed by atoms with Crippen molar-refractivity contribution in [2.75, 3.05) is 24.5 Å². The molecule has 3 heterocycles. The van der Waals surface area contributed by atoms with Crippen molar-refractivity contribution in [2.24, 2.45) is 7.05 Å². The van der Waals surface area contributed by atoms with Gasteiger partial charge in [0.2, 0.25) is 5.95 Å². The Hall–Kier alpha value is -3.48. The zero-order chi connectivity index (χ0) is 22.8. The third kappa shape index (κ3) is 4.53. The molecule has 6 nitrogen and oxygen atoms in total. The lowest BCUT2D eigenvalue weighted by atomic mass is 9.99. The molecule has 7 heteroatoms. The summed E-state index contributed by atoms with van der Waals surface area (Å²) >= 11 is 6.01. The fourth-order valence-corrected chi connectivity index (χ4v) is 4.31. The summed E-state index contributed by atoms with van der Waals surface area (Å²) in [4.78, 5) is 23.8. The fraction of sp³-hybridized carbons (Fsp3) is 0.192. The minimum atomic E-state index is -0.0748.